The maximum atomic E-state index is 12.4. The number of rotatable bonds is 5. The molecule has 3 rings (SSSR count). The highest BCUT2D eigenvalue weighted by molar-refractivity contribution is 5.90. The minimum Gasteiger partial charge on any atom is -0.550 e. The van der Waals surface area contributed by atoms with Crippen LogP contribution in [0.25, 0.3) is 0 Å². The Hall–Kier alpha value is -3.15. The molecule has 0 aliphatic carbocycles. The molecule has 1 aliphatic heterocycles. The Morgan fingerprint density at radius 3 is 2.59 bits per heavy atom. The number of aliphatic carboxylic acids is 1. The van der Waals surface area contributed by atoms with E-state index < -0.39 is 17.9 Å². The van der Waals surface area contributed by atoms with E-state index in [-0.39, 0.29) is 25.4 Å². The van der Waals surface area contributed by atoms with Crippen molar-refractivity contribution in [1.82, 2.24) is 4.90 Å². The lowest BCUT2D eigenvalue weighted by molar-refractivity contribution is -0.306. The summed E-state index contributed by atoms with van der Waals surface area (Å²) in [4.78, 5) is 37.2. The van der Waals surface area contributed by atoms with Crippen LogP contribution in [0.3, 0.4) is 0 Å². The van der Waals surface area contributed by atoms with Gasteiger partial charge >= 0.3 is 5.97 Å². The van der Waals surface area contributed by atoms with Gasteiger partial charge in [0, 0.05) is 25.5 Å². The van der Waals surface area contributed by atoms with Crippen molar-refractivity contribution >= 4 is 17.8 Å². The monoisotopic (exact) mass is 366 g/mol. The van der Waals surface area contributed by atoms with Gasteiger partial charge in [-0.25, -0.2) is 4.79 Å². The van der Waals surface area contributed by atoms with Crippen molar-refractivity contribution in [3.8, 4) is 0 Å². The van der Waals surface area contributed by atoms with Gasteiger partial charge in [-0.2, -0.15) is 0 Å². The van der Waals surface area contributed by atoms with Gasteiger partial charge in [0.05, 0.1) is 5.56 Å². The quantitative estimate of drug-likeness (QED) is 0.745. The number of nitrogens with zero attached hydrogens (tertiary/aromatic N) is 1. The minimum absolute atomic E-state index is 0.172. The Morgan fingerprint density at radius 2 is 1.89 bits per heavy atom. The summed E-state index contributed by atoms with van der Waals surface area (Å²) in [5.41, 5.74) is 2.95. The van der Waals surface area contributed by atoms with E-state index in [9.17, 15) is 19.5 Å². The molecule has 0 fully saturated rings. The van der Waals surface area contributed by atoms with Crippen molar-refractivity contribution in [2.45, 2.75) is 26.0 Å². The molecular formula is C21H20NO5-. The maximum Gasteiger partial charge on any atom is 0.338 e. The van der Waals surface area contributed by atoms with E-state index >= 15 is 0 Å². The maximum absolute atomic E-state index is 12.4. The largest absolute Gasteiger partial charge is 0.550 e. The average molecular weight is 366 g/mol. The van der Waals surface area contributed by atoms with Crippen LogP contribution in [-0.2, 0) is 33.9 Å². The van der Waals surface area contributed by atoms with Crippen LogP contribution in [0.15, 0.2) is 48.5 Å². The molecule has 0 saturated carbocycles. The normalized spacial score (nSPS) is 16.4. The topological polar surface area (TPSA) is 86.7 Å². The summed E-state index contributed by atoms with van der Waals surface area (Å²) in [6, 6.07) is 14.5. The summed E-state index contributed by atoms with van der Waals surface area (Å²) in [5, 5.41) is 11.0. The van der Waals surface area contributed by atoms with E-state index in [4.69, 9.17) is 4.74 Å². The van der Waals surface area contributed by atoms with Crippen molar-refractivity contribution in [1.29, 1.82) is 0 Å². The SMILES string of the molecule is CN1Cc2ccc(C(=O)OCc3ccccc3)cc2CC(CC(=O)[O-])C1=O. The zero-order valence-electron chi connectivity index (χ0n) is 15.0. The number of benzene rings is 2. The number of carboxylic acid groups (broad SMARTS) is 1. The highest BCUT2D eigenvalue weighted by atomic mass is 16.5. The van der Waals surface area contributed by atoms with Crippen LogP contribution < -0.4 is 5.11 Å². The van der Waals surface area contributed by atoms with Crippen molar-refractivity contribution in [3.63, 3.8) is 0 Å². The number of ether oxygens (including phenoxy) is 1. The lowest BCUT2D eigenvalue weighted by Crippen LogP contribution is -2.35. The van der Waals surface area contributed by atoms with Crippen LogP contribution >= 0.6 is 0 Å². The predicted octanol–water partition coefficient (Wildman–Crippen LogP) is 1.31. The summed E-state index contributed by atoms with van der Waals surface area (Å²) in [6.45, 7) is 0.544. The highest BCUT2D eigenvalue weighted by Gasteiger charge is 2.28. The molecular weight excluding hydrogens is 346 g/mol. The lowest BCUT2D eigenvalue weighted by atomic mass is 9.93. The Morgan fingerprint density at radius 1 is 1.15 bits per heavy atom. The third-order valence-electron chi connectivity index (χ3n) is 4.67. The first kappa shape index (κ1) is 18.6. The minimum atomic E-state index is -1.26. The number of fused-ring (bicyclic) bond motifs is 1. The molecule has 1 atom stereocenters. The highest BCUT2D eigenvalue weighted by Crippen LogP contribution is 2.25. The predicted molar refractivity (Wildman–Crippen MR) is 95.3 cm³/mol. The standard InChI is InChI=1S/C21H21NO5/c1-22-12-16-8-7-15(21(26)27-13-14-5-3-2-4-6-14)9-17(16)10-18(20(22)25)11-19(23)24/h2-9,18H,10-13H2,1H3,(H,23,24)/p-1. The van der Waals surface area contributed by atoms with Crippen LogP contribution in [0, 0.1) is 5.92 Å². The van der Waals surface area contributed by atoms with E-state index in [1.54, 1.807) is 25.2 Å². The molecule has 6 heteroatoms. The second kappa shape index (κ2) is 8.03. The Bertz CT molecular complexity index is 862. The zero-order valence-corrected chi connectivity index (χ0v) is 15.0. The Kier molecular flexibility index (Phi) is 5.54. The number of carbonyl (C=O) groups excluding carboxylic acids is 3. The summed E-state index contributed by atoms with van der Waals surface area (Å²) >= 11 is 0. The number of carbonyl (C=O) groups is 3. The molecule has 0 bridgehead atoms. The van der Waals surface area contributed by atoms with Gasteiger partial charge in [0.25, 0.3) is 0 Å². The van der Waals surface area contributed by atoms with Gasteiger partial charge < -0.3 is 19.5 Å². The fraction of sp³-hybridized carbons (Fsp3) is 0.286. The van der Waals surface area contributed by atoms with Crippen LogP contribution in [0.5, 0.6) is 0 Å². The van der Waals surface area contributed by atoms with Crippen molar-refractivity contribution < 1.29 is 24.2 Å². The molecule has 1 amide bonds. The second-order valence-corrected chi connectivity index (χ2v) is 6.72. The molecule has 140 valence electrons. The molecule has 1 heterocycles. The van der Waals surface area contributed by atoms with E-state index in [0.717, 1.165) is 16.7 Å². The zero-order chi connectivity index (χ0) is 19.4. The van der Waals surface area contributed by atoms with Gasteiger partial charge in [-0.05, 0) is 41.7 Å². The second-order valence-electron chi connectivity index (χ2n) is 6.72. The Labute approximate surface area is 157 Å². The fourth-order valence-electron chi connectivity index (χ4n) is 3.26. The molecule has 1 unspecified atom stereocenters. The molecule has 0 aromatic heterocycles. The molecule has 2 aromatic carbocycles. The number of carboxylic acids is 1. The number of amides is 1. The lowest BCUT2D eigenvalue weighted by Gasteiger charge is -2.20. The molecule has 6 nitrogen and oxygen atoms in total. The van der Waals surface area contributed by atoms with Crippen LogP contribution in [0.4, 0.5) is 0 Å². The van der Waals surface area contributed by atoms with Gasteiger partial charge in [0.1, 0.15) is 6.61 Å². The smallest absolute Gasteiger partial charge is 0.338 e. The van der Waals surface area contributed by atoms with Crippen molar-refractivity contribution in [2.24, 2.45) is 5.92 Å². The molecule has 27 heavy (non-hydrogen) atoms. The van der Waals surface area contributed by atoms with Crippen LogP contribution in [0.1, 0.15) is 33.5 Å². The van der Waals surface area contributed by atoms with Gasteiger partial charge in [-0.3, -0.25) is 4.79 Å². The first-order valence-corrected chi connectivity index (χ1v) is 8.71. The van der Waals surface area contributed by atoms with Gasteiger partial charge in [-0.1, -0.05) is 36.4 Å². The molecule has 2 aromatic rings. The Balaban J connectivity index is 1.77. The van der Waals surface area contributed by atoms with E-state index in [0.29, 0.717) is 12.1 Å². The average Bonchev–Trinajstić information content (AvgIpc) is 2.77. The third kappa shape index (κ3) is 4.53. The van der Waals surface area contributed by atoms with Crippen LogP contribution in [-0.4, -0.2) is 29.8 Å². The van der Waals surface area contributed by atoms with Gasteiger partial charge in [0.15, 0.2) is 0 Å². The number of esters is 1. The fourth-order valence-corrected chi connectivity index (χ4v) is 3.26. The first-order chi connectivity index (χ1) is 12.9. The van der Waals surface area contributed by atoms with Gasteiger partial charge in [0.2, 0.25) is 5.91 Å². The molecule has 1 aliphatic rings. The van der Waals surface area contributed by atoms with Crippen molar-refractivity contribution in [2.75, 3.05) is 7.05 Å². The van der Waals surface area contributed by atoms with E-state index in [2.05, 4.69) is 0 Å². The summed E-state index contributed by atoms with van der Waals surface area (Å²) in [7, 11) is 1.64. The van der Waals surface area contributed by atoms with Crippen LogP contribution in [0.2, 0.25) is 0 Å². The van der Waals surface area contributed by atoms with E-state index in [1.807, 2.05) is 30.3 Å². The summed E-state index contributed by atoms with van der Waals surface area (Å²) in [6.07, 6.45) is -0.0857. The summed E-state index contributed by atoms with van der Waals surface area (Å²) < 4.78 is 5.35. The molecule has 0 N–H and O–H groups in total. The van der Waals surface area contributed by atoms with Gasteiger partial charge in [-0.15, -0.1) is 0 Å². The molecule has 0 radical (unpaired) electrons. The number of hydrogen-bond donors (Lipinski definition) is 0. The summed E-state index contributed by atoms with van der Waals surface area (Å²) in [5.74, 6) is -2.65. The first-order valence-electron chi connectivity index (χ1n) is 8.71. The third-order valence-corrected chi connectivity index (χ3v) is 4.67. The molecule has 0 saturated heterocycles. The van der Waals surface area contributed by atoms with E-state index in [1.165, 1.54) is 4.90 Å². The molecule has 0 spiro atoms. The number of hydrogen-bond acceptors (Lipinski definition) is 5. The van der Waals surface area contributed by atoms with Crippen molar-refractivity contribution in [3.05, 3.63) is 70.8 Å².